The third kappa shape index (κ3) is 6.22. The van der Waals surface area contributed by atoms with Gasteiger partial charge in [0.05, 0.1) is 19.3 Å². The van der Waals surface area contributed by atoms with E-state index in [0.29, 0.717) is 61.7 Å². The smallest absolute Gasteiger partial charge is 0.226 e. The molecule has 1 aromatic heterocycles. The molecule has 1 aliphatic carbocycles. The van der Waals surface area contributed by atoms with Gasteiger partial charge in [0.15, 0.2) is 0 Å². The maximum absolute atomic E-state index is 13.4. The van der Waals surface area contributed by atoms with Gasteiger partial charge in [-0.1, -0.05) is 42.8 Å². The van der Waals surface area contributed by atoms with E-state index in [1.807, 2.05) is 18.2 Å². The van der Waals surface area contributed by atoms with Crippen molar-refractivity contribution < 1.29 is 24.5 Å². The Kier molecular flexibility index (Phi) is 9.79. The fraction of sp³-hybridized carbons (Fsp3) is 0.586. The molecule has 4 rings (SSSR count). The van der Waals surface area contributed by atoms with Crippen molar-refractivity contribution >= 4 is 17.5 Å². The number of ether oxygens (including phenoxy) is 2. The minimum absolute atomic E-state index is 0.0457. The van der Waals surface area contributed by atoms with Crippen molar-refractivity contribution in [1.82, 2.24) is 9.88 Å². The Balaban J connectivity index is 1.69. The standard InChI is InChI=1S/C29H40ClN3O5/c1-3-19-7-6-8-20(15-19)26-22(9-11-32-27(26)30)29(36,10-4-5-13-37-2)25-18-33(12-14-38-25)28(35)21-16-23(31)24(34)17-21/h6-9,11,15,21,23-25,34,36H,3-5,10,12-14,16-18,31H2,1-2H3/t21-,23+,24-,25+,29-/m0/s1. The molecule has 0 unspecified atom stereocenters. The number of halogens is 1. The second-order valence-electron chi connectivity index (χ2n) is 10.5. The van der Waals surface area contributed by atoms with E-state index in [1.54, 1.807) is 18.2 Å². The quantitative estimate of drug-likeness (QED) is 0.310. The molecule has 38 heavy (non-hydrogen) atoms. The summed E-state index contributed by atoms with van der Waals surface area (Å²) in [5.74, 6) is -0.369. The largest absolute Gasteiger partial charge is 0.391 e. The second kappa shape index (κ2) is 12.9. The zero-order valence-electron chi connectivity index (χ0n) is 22.3. The molecule has 8 nitrogen and oxygen atoms in total. The molecule has 0 radical (unpaired) electrons. The van der Waals surface area contributed by atoms with Gasteiger partial charge in [0.1, 0.15) is 16.9 Å². The number of morpholine rings is 1. The number of carbonyl (C=O) groups excluding carboxylic acids is 1. The highest BCUT2D eigenvalue weighted by Crippen LogP contribution is 2.42. The van der Waals surface area contributed by atoms with E-state index in [-0.39, 0.29) is 24.4 Å². The van der Waals surface area contributed by atoms with Gasteiger partial charge >= 0.3 is 0 Å². The van der Waals surface area contributed by atoms with Crippen LogP contribution in [0.3, 0.4) is 0 Å². The molecule has 208 valence electrons. The number of amides is 1. The van der Waals surface area contributed by atoms with Gasteiger partial charge in [-0.2, -0.15) is 0 Å². The van der Waals surface area contributed by atoms with E-state index in [1.165, 1.54) is 0 Å². The van der Waals surface area contributed by atoms with Crippen LogP contribution < -0.4 is 5.73 Å². The summed E-state index contributed by atoms with van der Waals surface area (Å²) in [5.41, 5.74) is 7.90. The molecule has 2 heterocycles. The number of aryl methyl sites for hydroxylation is 1. The van der Waals surface area contributed by atoms with Gasteiger partial charge in [-0.25, -0.2) is 4.98 Å². The Morgan fingerprint density at radius 2 is 2.13 bits per heavy atom. The van der Waals surface area contributed by atoms with Crippen LogP contribution in [0, 0.1) is 5.92 Å². The zero-order chi connectivity index (χ0) is 27.3. The van der Waals surface area contributed by atoms with Gasteiger partial charge in [0.2, 0.25) is 5.91 Å². The van der Waals surface area contributed by atoms with Crippen LogP contribution in [0.2, 0.25) is 5.15 Å². The topological polar surface area (TPSA) is 118 Å². The number of hydrogen-bond donors (Lipinski definition) is 3. The van der Waals surface area contributed by atoms with E-state index in [4.69, 9.17) is 26.8 Å². The lowest BCUT2D eigenvalue weighted by molar-refractivity contribution is -0.167. The Hall–Kier alpha value is -2.07. The number of aliphatic hydroxyl groups is 2. The predicted octanol–water partition coefficient (Wildman–Crippen LogP) is 3.29. The Labute approximate surface area is 230 Å². The molecular formula is C29H40ClN3O5. The summed E-state index contributed by atoms with van der Waals surface area (Å²) < 4.78 is 11.4. The van der Waals surface area contributed by atoms with Crippen LogP contribution in [0.25, 0.3) is 11.1 Å². The molecule has 0 spiro atoms. The maximum Gasteiger partial charge on any atom is 0.226 e. The first-order chi connectivity index (χ1) is 18.3. The third-order valence-electron chi connectivity index (χ3n) is 7.99. The van der Waals surface area contributed by atoms with Crippen molar-refractivity contribution in [2.75, 3.05) is 33.4 Å². The lowest BCUT2D eigenvalue weighted by atomic mass is 9.79. The summed E-state index contributed by atoms with van der Waals surface area (Å²) in [4.78, 5) is 19.5. The van der Waals surface area contributed by atoms with E-state index < -0.39 is 17.8 Å². The molecule has 2 aliphatic rings. The molecule has 1 aliphatic heterocycles. The number of aliphatic hydroxyl groups excluding tert-OH is 1. The fourth-order valence-corrected chi connectivity index (χ4v) is 6.04. The number of rotatable bonds is 10. The lowest BCUT2D eigenvalue weighted by Crippen LogP contribution is -2.55. The van der Waals surface area contributed by atoms with Gasteiger partial charge in [-0.15, -0.1) is 0 Å². The molecule has 4 N–H and O–H groups in total. The second-order valence-corrected chi connectivity index (χ2v) is 10.9. The molecule has 1 aromatic carbocycles. The average Bonchev–Trinajstić information content (AvgIpc) is 3.28. The van der Waals surface area contributed by atoms with E-state index in [2.05, 4.69) is 24.0 Å². The number of unbranched alkanes of at least 4 members (excludes halogenated alkanes) is 1. The SMILES string of the molecule is CCc1cccc(-c2c([C@@](O)(CCCCOC)[C@H]3CN(C(=O)[C@H]4C[C@@H](N)[C@@H](O)C4)CCO3)ccnc2Cl)c1. The summed E-state index contributed by atoms with van der Waals surface area (Å²) in [6, 6.07) is 9.51. The van der Waals surface area contributed by atoms with Crippen LogP contribution in [-0.4, -0.2) is 77.7 Å². The highest BCUT2D eigenvalue weighted by molar-refractivity contribution is 6.32. The van der Waals surface area contributed by atoms with Gasteiger partial charge in [0, 0.05) is 44.0 Å². The first-order valence-corrected chi connectivity index (χ1v) is 14.0. The van der Waals surface area contributed by atoms with Crippen LogP contribution in [0.1, 0.15) is 50.2 Å². The summed E-state index contributed by atoms with van der Waals surface area (Å²) >= 11 is 6.70. The van der Waals surface area contributed by atoms with Crippen LogP contribution in [0.5, 0.6) is 0 Å². The number of carbonyl (C=O) groups is 1. The summed E-state index contributed by atoms with van der Waals surface area (Å²) in [6.45, 7) is 3.64. The molecule has 0 bridgehead atoms. The molecular weight excluding hydrogens is 506 g/mol. The molecule has 2 fully saturated rings. The number of pyridine rings is 1. The minimum atomic E-state index is -1.43. The van der Waals surface area contributed by atoms with Crippen molar-refractivity contribution in [3.05, 3.63) is 52.8 Å². The fourth-order valence-electron chi connectivity index (χ4n) is 5.77. The number of nitrogens with zero attached hydrogens (tertiary/aromatic N) is 2. The number of benzene rings is 1. The van der Waals surface area contributed by atoms with Gasteiger partial charge in [-0.3, -0.25) is 4.79 Å². The lowest BCUT2D eigenvalue weighted by Gasteiger charge is -2.43. The molecule has 1 saturated heterocycles. The van der Waals surface area contributed by atoms with Crippen LogP contribution in [0.4, 0.5) is 0 Å². The Morgan fingerprint density at radius 1 is 1.32 bits per heavy atom. The average molecular weight is 546 g/mol. The van der Waals surface area contributed by atoms with Crippen molar-refractivity contribution in [3.8, 4) is 11.1 Å². The first-order valence-electron chi connectivity index (χ1n) is 13.6. The third-order valence-corrected chi connectivity index (χ3v) is 8.27. The van der Waals surface area contributed by atoms with E-state index in [0.717, 1.165) is 24.0 Å². The van der Waals surface area contributed by atoms with Crippen molar-refractivity contribution in [2.45, 2.75) is 69.3 Å². The minimum Gasteiger partial charge on any atom is -0.391 e. The van der Waals surface area contributed by atoms with Crippen molar-refractivity contribution in [2.24, 2.45) is 11.7 Å². The first kappa shape index (κ1) is 28.9. The van der Waals surface area contributed by atoms with Crippen LogP contribution in [-0.2, 0) is 26.3 Å². The number of aromatic nitrogens is 1. The molecule has 1 amide bonds. The predicted molar refractivity (Wildman–Crippen MR) is 147 cm³/mol. The number of methoxy groups -OCH3 is 1. The van der Waals surface area contributed by atoms with Crippen molar-refractivity contribution in [3.63, 3.8) is 0 Å². The van der Waals surface area contributed by atoms with E-state index in [9.17, 15) is 15.0 Å². The number of nitrogens with two attached hydrogens (primary N) is 1. The molecule has 1 saturated carbocycles. The highest BCUT2D eigenvalue weighted by atomic mass is 35.5. The highest BCUT2D eigenvalue weighted by Gasteiger charge is 2.46. The normalized spacial score (nSPS) is 25.4. The van der Waals surface area contributed by atoms with Gasteiger partial charge in [-0.05, 0) is 61.3 Å². The monoisotopic (exact) mass is 545 g/mol. The zero-order valence-corrected chi connectivity index (χ0v) is 23.1. The van der Waals surface area contributed by atoms with E-state index >= 15 is 0 Å². The van der Waals surface area contributed by atoms with Crippen molar-refractivity contribution in [1.29, 1.82) is 0 Å². The summed E-state index contributed by atoms with van der Waals surface area (Å²) in [5, 5.41) is 22.9. The van der Waals surface area contributed by atoms with Gasteiger partial charge < -0.3 is 30.3 Å². The molecule has 5 atom stereocenters. The maximum atomic E-state index is 13.4. The summed E-state index contributed by atoms with van der Waals surface area (Å²) in [6.07, 6.45) is 3.82. The van der Waals surface area contributed by atoms with Crippen LogP contribution in [0.15, 0.2) is 36.5 Å². The Morgan fingerprint density at radius 3 is 2.84 bits per heavy atom. The molecule has 2 aromatic rings. The van der Waals surface area contributed by atoms with Crippen LogP contribution >= 0.6 is 11.6 Å². The Bertz CT molecular complexity index is 1090. The van der Waals surface area contributed by atoms with Gasteiger partial charge in [0.25, 0.3) is 0 Å². The number of hydrogen-bond acceptors (Lipinski definition) is 7. The summed E-state index contributed by atoms with van der Waals surface area (Å²) in [7, 11) is 1.66. The molecule has 9 heteroatoms.